The number of hydrogen-bond donors (Lipinski definition) is 1. The van der Waals surface area contributed by atoms with Crippen LogP contribution < -0.4 is 9.47 Å². The molecule has 2 aromatic carbocycles. The third kappa shape index (κ3) is 6.26. The van der Waals surface area contributed by atoms with Gasteiger partial charge in [0.15, 0.2) is 5.58 Å². The van der Waals surface area contributed by atoms with Crippen molar-refractivity contribution in [3.05, 3.63) is 41.5 Å². The van der Waals surface area contributed by atoms with E-state index in [1.54, 1.807) is 0 Å². The number of unbranched alkanes of at least 4 members (excludes halogenated alkanes) is 6. The van der Waals surface area contributed by atoms with Crippen molar-refractivity contribution in [2.45, 2.75) is 78.7 Å². The molecule has 1 N–H and O–H groups in total. The maximum atomic E-state index is 9.96. The number of ether oxygens (including phenoxy) is 2. The van der Waals surface area contributed by atoms with E-state index in [0.29, 0.717) is 30.6 Å². The van der Waals surface area contributed by atoms with Gasteiger partial charge in [-0.15, -0.1) is 0 Å². The molecule has 3 rings (SSSR count). The van der Waals surface area contributed by atoms with Crippen LogP contribution >= 0.6 is 0 Å². The summed E-state index contributed by atoms with van der Waals surface area (Å²) in [6.45, 7) is 7.55. The molecule has 174 valence electrons. The molecule has 3 aromatic rings. The van der Waals surface area contributed by atoms with Gasteiger partial charge in [0.1, 0.15) is 17.0 Å². The molecule has 5 heteroatoms. The number of para-hydroxylation sites is 1. The molecule has 0 amide bonds. The Morgan fingerprint density at radius 2 is 1.56 bits per heavy atom. The summed E-state index contributed by atoms with van der Waals surface area (Å²) in [4.78, 5) is 4.75. The molecule has 5 nitrogen and oxygen atoms in total. The van der Waals surface area contributed by atoms with Crippen LogP contribution in [0.4, 0.5) is 0 Å². The van der Waals surface area contributed by atoms with E-state index < -0.39 is 0 Å². The van der Waals surface area contributed by atoms with Crippen LogP contribution in [-0.2, 0) is 6.61 Å². The number of fused-ring (bicyclic) bond motifs is 1. The van der Waals surface area contributed by atoms with Gasteiger partial charge in [-0.05, 0) is 43.5 Å². The van der Waals surface area contributed by atoms with Crippen LogP contribution in [0.15, 0.2) is 34.7 Å². The predicted octanol–water partition coefficient (Wildman–Crippen LogP) is 7.21. The van der Waals surface area contributed by atoms with E-state index in [1.807, 2.05) is 37.3 Å². The third-order valence-electron chi connectivity index (χ3n) is 5.70. The Balaban J connectivity index is 1.90. The topological polar surface area (TPSA) is 64.7 Å². The van der Waals surface area contributed by atoms with Gasteiger partial charge in [-0.1, -0.05) is 64.5 Å². The fourth-order valence-corrected chi connectivity index (χ4v) is 3.77. The van der Waals surface area contributed by atoms with E-state index in [2.05, 4.69) is 13.8 Å². The van der Waals surface area contributed by atoms with Gasteiger partial charge < -0.3 is 19.0 Å². The molecule has 0 aliphatic heterocycles. The summed E-state index contributed by atoms with van der Waals surface area (Å²) < 4.78 is 18.3. The van der Waals surface area contributed by atoms with Gasteiger partial charge in [0, 0.05) is 5.56 Å². The highest BCUT2D eigenvalue weighted by molar-refractivity contribution is 5.80. The number of aryl methyl sites for hydroxylation is 1. The minimum atomic E-state index is -0.108. The molecular weight excluding hydrogens is 402 g/mol. The molecule has 0 aliphatic carbocycles. The smallest absolute Gasteiger partial charge is 0.231 e. The van der Waals surface area contributed by atoms with E-state index in [-0.39, 0.29) is 6.61 Å². The predicted molar refractivity (Wildman–Crippen MR) is 129 cm³/mol. The maximum absolute atomic E-state index is 9.96. The molecule has 0 atom stereocenters. The second-order valence-electron chi connectivity index (χ2n) is 8.37. The Bertz CT molecular complexity index is 979. The van der Waals surface area contributed by atoms with Crippen molar-refractivity contribution < 1.29 is 19.0 Å². The second-order valence-corrected chi connectivity index (χ2v) is 8.37. The van der Waals surface area contributed by atoms with Crippen LogP contribution in [0.3, 0.4) is 0 Å². The average Bonchev–Trinajstić information content (AvgIpc) is 3.24. The van der Waals surface area contributed by atoms with Gasteiger partial charge in [0.05, 0.1) is 25.4 Å². The van der Waals surface area contributed by atoms with Crippen molar-refractivity contribution in [2.75, 3.05) is 13.2 Å². The lowest BCUT2D eigenvalue weighted by Gasteiger charge is -2.16. The minimum absolute atomic E-state index is 0.108. The fraction of sp³-hybridized carbons (Fsp3) is 0.519. The molecule has 0 radical (unpaired) electrons. The van der Waals surface area contributed by atoms with Crippen LogP contribution in [-0.4, -0.2) is 23.3 Å². The van der Waals surface area contributed by atoms with Gasteiger partial charge in [-0.3, -0.25) is 0 Å². The maximum Gasteiger partial charge on any atom is 0.231 e. The largest absolute Gasteiger partial charge is 0.493 e. The summed E-state index contributed by atoms with van der Waals surface area (Å²) in [5.74, 6) is 1.85. The zero-order valence-corrected chi connectivity index (χ0v) is 19.8. The first kappa shape index (κ1) is 24.1. The van der Waals surface area contributed by atoms with Crippen LogP contribution in [0.5, 0.6) is 11.5 Å². The van der Waals surface area contributed by atoms with Crippen molar-refractivity contribution in [1.82, 2.24) is 4.98 Å². The average molecular weight is 440 g/mol. The number of oxazole rings is 1. The highest BCUT2D eigenvalue weighted by Crippen LogP contribution is 2.38. The lowest BCUT2D eigenvalue weighted by molar-refractivity contribution is 0.257. The zero-order chi connectivity index (χ0) is 22.8. The molecule has 0 aliphatic rings. The monoisotopic (exact) mass is 439 g/mol. The van der Waals surface area contributed by atoms with E-state index >= 15 is 0 Å². The summed E-state index contributed by atoms with van der Waals surface area (Å²) >= 11 is 0. The number of nitrogens with zero attached hydrogens (tertiary/aromatic N) is 1. The first-order valence-electron chi connectivity index (χ1n) is 12.1. The van der Waals surface area contributed by atoms with E-state index in [1.165, 1.54) is 25.7 Å². The van der Waals surface area contributed by atoms with E-state index in [9.17, 15) is 5.11 Å². The Morgan fingerprint density at radius 1 is 0.875 bits per heavy atom. The third-order valence-corrected chi connectivity index (χ3v) is 5.70. The number of benzene rings is 2. The molecule has 0 spiro atoms. The number of hydrogen-bond acceptors (Lipinski definition) is 5. The minimum Gasteiger partial charge on any atom is -0.493 e. The first-order valence-corrected chi connectivity index (χ1v) is 12.1. The lowest BCUT2D eigenvalue weighted by atomic mass is 10.1. The quantitative estimate of drug-likeness (QED) is 0.269. The summed E-state index contributed by atoms with van der Waals surface area (Å²) in [6.07, 6.45) is 9.04. The number of aromatic nitrogens is 1. The second kappa shape index (κ2) is 12.5. The van der Waals surface area contributed by atoms with E-state index in [0.717, 1.165) is 53.5 Å². The molecule has 0 bridgehead atoms. The van der Waals surface area contributed by atoms with Gasteiger partial charge in [-0.2, -0.15) is 0 Å². The normalized spacial score (nSPS) is 11.2. The molecular formula is C27H37NO4. The Kier molecular flexibility index (Phi) is 9.42. The van der Waals surface area contributed by atoms with Gasteiger partial charge in [0.25, 0.3) is 0 Å². The highest BCUT2D eigenvalue weighted by atomic mass is 16.5. The zero-order valence-electron chi connectivity index (χ0n) is 19.8. The van der Waals surface area contributed by atoms with Gasteiger partial charge in [-0.25, -0.2) is 4.98 Å². The van der Waals surface area contributed by atoms with Gasteiger partial charge in [0.2, 0.25) is 5.89 Å². The van der Waals surface area contributed by atoms with Crippen molar-refractivity contribution in [2.24, 2.45) is 0 Å². The summed E-state index contributed by atoms with van der Waals surface area (Å²) in [6, 6.07) is 9.71. The van der Waals surface area contributed by atoms with Crippen LogP contribution in [0.1, 0.15) is 76.3 Å². The fourth-order valence-electron chi connectivity index (χ4n) is 3.77. The standard InChI is InChI=1S/C27H37NO4/c1-4-6-8-10-15-30-24-18-22(27-28-26-20(3)13-12-14-23(26)32-27)25(17-21(24)19-29)31-16-11-9-7-5-2/h12-14,17-18,29H,4-11,15-16,19H2,1-3H3. The lowest BCUT2D eigenvalue weighted by Crippen LogP contribution is -2.04. The molecule has 32 heavy (non-hydrogen) atoms. The Morgan fingerprint density at radius 3 is 2.19 bits per heavy atom. The number of aliphatic hydroxyl groups excluding tert-OH is 1. The highest BCUT2D eigenvalue weighted by Gasteiger charge is 2.19. The van der Waals surface area contributed by atoms with Crippen molar-refractivity contribution in [1.29, 1.82) is 0 Å². The van der Waals surface area contributed by atoms with Gasteiger partial charge >= 0.3 is 0 Å². The van der Waals surface area contributed by atoms with E-state index in [4.69, 9.17) is 18.9 Å². The Hall–Kier alpha value is -2.53. The first-order chi connectivity index (χ1) is 15.7. The van der Waals surface area contributed by atoms with Crippen LogP contribution in [0.25, 0.3) is 22.6 Å². The summed E-state index contributed by atoms with van der Waals surface area (Å²) in [5.41, 5.74) is 4.16. The number of rotatable bonds is 14. The van der Waals surface area contributed by atoms with Crippen molar-refractivity contribution >= 4 is 11.1 Å². The molecule has 0 saturated heterocycles. The summed E-state index contributed by atoms with van der Waals surface area (Å²) in [7, 11) is 0. The number of aliphatic hydroxyl groups is 1. The SMILES string of the molecule is CCCCCCOc1cc(-c2nc3c(C)cccc3o2)c(OCCCCCC)cc1CO. The molecule has 0 saturated carbocycles. The van der Waals surface area contributed by atoms with Crippen LogP contribution in [0.2, 0.25) is 0 Å². The van der Waals surface area contributed by atoms with Crippen LogP contribution in [0, 0.1) is 6.92 Å². The molecule has 0 fully saturated rings. The van der Waals surface area contributed by atoms with Crippen molar-refractivity contribution in [3.63, 3.8) is 0 Å². The Labute approximate surface area is 191 Å². The molecule has 1 aromatic heterocycles. The summed E-state index contributed by atoms with van der Waals surface area (Å²) in [5, 5.41) is 9.96. The van der Waals surface area contributed by atoms with Crippen molar-refractivity contribution in [3.8, 4) is 23.0 Å². The molecule has 0 unspecified atom stereocenters. The molecule has 1 heterocycles.